The molecule has 1 aromatic carbocycles. The van der Waals surface area contributed by atoms with Gasteiger partial charge in [-0.1, -0.05) is 6.92 Å². The first kappa shape index (κ1) is 14.2. The topological polar surface area (TPSA) is 76.4 Å². The van der Waals surface area contributed by atoms with E-state index in [2.05, 4.69) is 10.6 Å². The van der Waals surface area contributed by atoms with E-state index in [4.69, 9.17) is 17.0 Å². The van der Waals surface area contributed by atoms with Crippen LogP contribution in [0, 0.1) is 10.1 Å². The minimum Gasteiger partial charge on any atom is -0.496 e. The molecule has 0 aromatic heterocycles. The molecule has 0 radical (unpaired) electrons. The number of thiocarbonyl (C=S) groups is 1. The third-order valence-electron chi connectivity index (χ3n) is 2.19. The van der Waals surface area contributed by atoms with Gasteiger partial charge in [0.1, 0.15) is 11.4 Å². The number of nitrogens with zero attached hydrogens (tertiary/aromatic N) is 1. The number of benzene rings is 1. The average molecular weight is 269 g/mol. The average Bonchev–Trinajstić information content (AvgIpc) is 2.36. The van der Waals surface area contributed by atoms with Crippen molar-refractivity contribution < 1.29 is 9.66 Å². The Morgan fingerprint density at radius 3 is 2.83 bits per heavy atom. The number of nitrogens with one attached hydrogen (secondary N) is 2. The first-order chi connectivity index (χ1) is 8.58. The summed E-state index contributed by atoms with van der Waals surface area (Å²) in [7, 11) is 1.46. The summed E-state index contributed by atoms with van der Waals surface area (Å²) >= 11 is 5.03. The Hall–Kier alpha value is -1.89. The van der Waals surface area contributed by atoms with Gasteiger partial charge in [-0.25, -0.2) is 0 Å². The van der Waals surface area contributed by atoms with Gasteiger partial charge in [0.15, 0.2) is 5.11 Å². The van der Waals surface area contributed by atoms with Crippen LogP contribution in [-0.2, 0) is 0 Å². The maximum atomic E-state index is 10.9. The van der Waals surface area contributed by atoms with Crippen LogP contribution in [0.4, 0.5) is 11.4 Å². The van der Waals surface area contributed by atoms with E-state index >= 15 is 0 Å². The third-order valence-corrected chi connectivity index (χ3v) is 2.43. The lowest BCUT2D eigenvalue weighted by molar-refractivity contribution is -0.384. The van der Waals surface area contributed by atoms with Crippen molar-refractivity contribution in [2.45, 2.75) is 13.3 Å². The maximum absolute atomic E-state index is 10.9. The summed E-state index contributed by atoms with van der Waals surface area (Å²) in [6.07, 6.45) is 0.923. The number of methoxy groups -OCH3 is 1. The van der Waals surface area contributed by atoms with Crippen LogP contribution in [0.3, 0.4) is 0 Å². The fourth-order valence-electron chi connectivity index (χ4n) is 1.30. The van der Waals surface area contributed by atoms with E-state index in [0.29, 0.717) is 16.5 Å². The molecule has 0 fully saturated rings. The van der Waals surface area contributed by atoms with Crippen LogP contribution in [-0.4, -0.2) is 23.7 Å². The number of hydrogen-bond donors (Lipinski definition) is 2. The first-order valence-corrected chi connectivity index (χ1v) is 5.86. The molecule has 98 valence electrons. The van der Waals surface area contributed by atoms with E-state index in [1.165, 1.54) is 13.2 Å². The molecule has 0 spiro atoms. The van der Waals surface area contributed by atoms with Gasteiger partial charge in [0.25, 0.3) is 5.69 Å². The molecule has 18 heavy (non-hydrogen) atoms. The summed E-state index contributed by atoms with van der Waals surface area (Å²) in [5.74, 6) is 0.430. The molecular formula is C11H15N3O3S. The summed E-state index contributed by atoms with van der Waals surface area (Å²) in [4.78, 5) is 10.5. The summed E-state index contributed by atoms with van der Waals surface area (Å²) in [5, 5.41) is 17.0. The van der Waals surface area contributed by atoms with Crippen molar-refractivity contribution in [1.29, 1.82) is 0 Å². The maximum Gasteiger partial charge on any atom is 0.296 e. The van der Waals surface area contributed by atoms with Crippen molar-refractivity contribution in [2.24, 2.45) is 0 Å². The Morgan fingerprint density at radius 2 is 2.28 bits per heavy atom. The van der Waals surface area contributed by atoms with Crippen molar-refractivity contribution in [3.8, 4) is 5.75 Å². The molecule has 0 bridgehead atoms. The van der Waals surface area contributed by atoms with Crippen LogP contribution in [0.25, 0.3) is 0 Å². The highest BCUT2D eigenvalue weighted by atomic mass is 32.1. The van der Waals surface area contributed by atoms with Crippen molar-refractivity contribution in [3.63, 3.8) is 0 Å². The third kappa shape index (κ3) is 3.85. The summed E-state index contributed by atoms with van der Waals surface area (Å²) in [6, 6.07) is 4.55. The highest BCUT2D eigenvalue weighted by molar-refractivity contribution is 7.80. The van der Waals surface area contributed by atoms with Crippen molar-refractivity contribution in [1.82, 2.24) is 5.32 Å². The zero-order valence-corrected chi connectivity index (χ0v) is 11.0. The fraction of sp³-hybridized carbons (Fsp3) is 0.364. The summed E-state index contributed by atoms with van der Waals surface area (Å²) in [5.41, 5.74) is 0.268. The van der Waals surface area contributed by atoms with Crippen LogP contribution in [0.5, 0.6) is 5.75 Å². The predicted molar refractivity (Wildman–Crippen MR) is 74.2 cm³/mol. The molecule has 0 aliphatic rings. The molecule has 0 unspecified atom stereocenters. The van der Waals surface area contributed by atoms with Gasteiger partial charge in [-0.05, 0) is 30.8 Å². The van der Waals surface area contributed by atoms with Crippen LogP contribution >= 0.6 is 12.2 Å². The molecule has 0 saturated heterocycles. The quantitative estimate of drug-likeness (QED) is 0.485. The first-order valence-electron chi connectivity index (χ1n) is 5.45. The van der Waals surface area contributed by atoms with Gasteiger partial charge in [-0.2, -0.15) is 0 Å². The lowest BCUT2D eigenvalue weighted by Gasteiger charge is -2.10. The Morgan fingerprint density at radius 1 is 1.56 bits per heavy atom. The smallest absolute Gasteiger partial charge is 0.296 e. The number of ether oxygens (including phenoxy) is 1. The molecule has 0 atom stereocenters. The fourth-order valence-corrected chi connectivity index (χ4v) is 1.51. The zero-order valence-electron chi connectivity index (χ0n) is 10.2. The molecule has 6 nitrogen and oxygen atoms in total. The second kappa shape index (κ2) is 6.75. The standard InChI is InChI=1S/C11H15N3O3S/c1-3-6-12-11(18)13-9-5-4-8(17-2)7-10(9)14(15)16/h4-5,7H,3,6H2,1-2H3,(H2,12,13,18). The Bertz CT molecular complexity index is 451. The number of hydrogen-bond acceptors (Lipinski definition) is 4. The molecule has 2 N–H and O–H groups in total. The highest BCUT2D eigenvalue weighted by Gasteiger charge is 2.15. The minimum atomic E-state index is -0.479. The molecule has 1 aromatic rings. The minimum absolute atomic E-state index is 0.0741. The van der Waals surface area contributed by atoms with Crippen molar-refractivity contribution in [2.75, 3.05) is 19.0 Å². The van der Waals surface area contributed by atoms with Crippen molar-refractivity contribution in [3.05, 3.63) is 28.3 Å². The van der Waals surface area contributed by atoms with Gasteiger partial charge in [0.05, 0.1) is 18.1 Å². The zero-order chi connectivity index (χ0) is 13.5. The SMILES string of the molecule is CCCNC(=S)Nc1ccc(OC)cc1[N+](=O)[O-]. The molecule has 1 rings (SSSR count). The van der Waals surface area contributed by atoms with E-state index in [9.17, 15) is 10.1 Å². The van der Waals surface area contributed by atoms with Crippen molar-refractivity contribution >= 4 is 28.7 Å². The molecule has 0 heterocycles. The van der Waals surface area contributed by atoms with Gasteiger partial charge >= 0.3 is 0 Å². The number of nitro groups is 1. The van der Waals surface area contributed by atoms with Crippen LogP contribution in [0.15, 0.2) is 18.2 Å². The second-order valence-electron chi connectivity index (χ2n) is 3.52. The van der Waals surface area contributed by atoms with E-state index in [-0.39, 0.29) is 5.69 Å². The Kier molecular flexibility index (Phi) is 5.31. The van der Waals surface area contributed by atoms with E-state index in [1.54, 1.807) is 12.1 Å². The van der Waals surface area contributed by atoms with Gasteiger partial charge in [0.2, 0.25) is 0 Å². The van der Waals surface area contributed by atoms with Crippen LogP contribution < -0.4 is 15.4 Å². The Labute approximate surface area is 110 Å². The number of rotatable bonds is 5. The van der Waals surface area contributed by atoms with Gasteiger partial charge < -0.3 is 15.4 Å². The molecule has 0 amide bonds. The van der Waals surface area contributed by atoms with Gasteiger partial charge in [0, 0.05) is 6.54 Å². The largest absolute Gasteiger partial charge is 0.496 e. The van der Waals surface area contributed by atoms with E-state index < -0.39 is 4.92 Å². The highest BCUT2D eigenvalue weighted by Crippen LogP contribution is 2.28. The molecule has 0 saturated carbocycles. The van der Waals surface area contributed by atoms with E-state index in [1.807, 2.05) is 6.92 Å². The van der Waals surface area contributed by atoms with Crippen LogP contribution in [0.2, 0.25) is 0 Å². The lowest BCUT2D eigenvalue weighted by Crippen LogP contribution is -2.29. The summed E-state index contributed by atoms with van der Waals surface area (Å²) in [6.45, 7) is 2.72. The molecule has 0 aliphatic carbocycles. The monoisotopic (exact) mass is 269 g/mol. The normalized spacial score (nSPS) is 9.67. The summed E-state index contributed by atoms with van der Waals surface area (Å²) < 4.78 is 4.95. The Balaban J connectivity index is 2.87. The van der Waals surface area contributed by atoms with Crippen LogP contribution in [0.1, 0.15) is 13.3 Å². The second-order valence-corrected chi connectivity index (χ2v) is 3.93. The number of anilines is 1. The molecule has 0 aliphatic heterocycles. The van der Waals surface area contributed by atoms with Gasteiger partial charge in [-0.15, -0.1) is 0 Å². The lowest BCUT2D eigenvalue weighted by atomic mass is 10.2. The molecular weight excluding hydrogens is 254 g/mol. The number of nitro benzene ring substituents is 1. The van der Waals surface area contributed by atoms with Gasteiger partial charge in [-0.3, -0.25) is 10.1 Å². The molecule has 7 heteroatoms. The predicted octanol–water partition coefficient (Wildman–Crippen LogP) is 2.30. The van der Waals surface area contributed by atoms with E-state index in [0.717, 1.165) is 13.0 Å².